The molecule has 0 bridgehead atoms. The van der Waals surface area contributed by atoms with Crippen LogP contribution in [-0.4, -0.2) is 36.6 Å². The Morgan fingerprint density at radius 3 is 2.86 bits per heavy atom. The van der Waals surface area contributed by atoms with Gasteiger partial charge in [0.25, 0.3) is 0 Å². The second-order valence-corrected chi connectivity index (χ2v) is 7.71. The SMILES string of the molecule is COc1ccc(OC)c(C2CCCN2C(=O)/C=C/c2nc3ccccc3s2)c1. The molecule has 0 saturated carbocycles. The first-order valence-corrected chi connectivity index (χ1v) is 10.1. The van der Waals surface area contributed by atoms with Crippen molar-refractivity contribution in [3.63, 3.8) is 0 Å². The zero-order chi connectivity index (χ0) is 19.5. The largest absolute Gasteiger partial charge is 0.497 e. The molecule has 1 saturated heterocycles. The Bertz CT molecular complexity index is 995. The first-order chi connectivity index (χ1) is 13.7. The summed E-state index contributed by atoms with van der Waals surface area (Å²) in [5, 5.41) is 0.837. The van der Waals surface area contributed by atoms with E-state index in [-0.39, 0.29) is 11.9 Å². The summed E-state index contributed by atoms with van der Waals surface area (Å²) in [5.41, 5.74) is 1.95. The van der Waals surface area contributed by atoms with Crippen LogP contribution in [0, 0.1) is 0 Å². The number of aromatic nitrogens is 1. The number of fused-ring (bicyclic) bond motifs is 1. The molecule has 28 heavy (non-hydrogen) atoms. The standard InChI is InChI=1S/C22H22N2O3S/c1-26-15-9-10-19(27-2)16(14-15)18-7-5-13-24(18)22(25)12-11-21-23-17-6-3-4-8-20(17)28-21/h3-4,6,8-12,14,18H,5,7,13H2,1-2H3/b12-11+. The van der Waals surface area contributed by atoms with E-state index in [1.54, 1.807) is 31.6 Å². The molecule has 5 nitrogen and oxygen atoms in total. The summed E-state index contributed by atoms with van der Waals surface area (Å²) in [4.78, 5) is 19.4. The fourth-order valence-electron chi connectivity index (χ4n) is 3.65. The van der Waals surface area contributed by atoms with E-state index in [1.165, 1.54) is 0 Å². The molecule has 1 amide bonds. The van der Waals surface area contributed by atoms with Gasteiger partial charge in [-0.05, 0) is 49.2 Å². The van der Waals surface area contributed by atoms with Crippen LogP contribution in [0.15, 0.2) is 48.5 Å². The van der Waals surface area contributed by atoms with E-state index in [0.29, 0.717) is 0 Å². The molecule has 1 aliphatic rings. The number of ether oxygens (including phenoxy) is 2. The van der Waals surface area contributed by atoms with Crippen LogP contribution in [0.5, 0.6) is 11.5 Å². The van der Waals surface area contributed by atoms with E-state index in [0.717, 1.165) is 51.7 Å². The Labute approximate surface area is 168 Å². The van der Waals surface area contributed by atoms with Crippen molar-refractivity contribution >= 4 is 33.5 Å². The molecule has 0 N–H and O–H groups in total. The molecule has 3 aromatic rings. The summed E-state index contributed by atoms with van der Waals surface area (Å²) >= 11 is 1.58. The van der Waals surface area contributed by atoms with Crippen molar-refractivity contribution in [1.29, 1.82) is 0 Å². The molecule has 2 aromatic carbocycles. The number of benzene rings is 2. The number of carbonyl (C=O) groups is 1. The lowest BCUT2D eigenvalue weighted by molar-refractivity contribution is -0.126. The van der Waals surface area contributed by atoms with Crippen molar-refractivity contribution in [3.8, 4) is 11.5 Å². The summed E-state index contributed by atoms with van der Waals surface area (Å²) < 4.78 is 12.0. The number of carbonyl (C=O) groups excluding carboxylic acids is 1. The van der Waals surface area contributed by atoms with Crippen LogP contribution in [0.25, 0.3) is 16.3 Å². The molecule has 2 heterocycles. The van der Waals surface area contributed by atoms with E-state index in [2.05, 4.69) is 4.98 Å². The van der Waals surface area contributed by atoms with Gasteiger partial charge in [0, 0.05) is 18.2 Å². The summed E-state index contributed by atoms with van der Waals surface area (Å²) in [6, 6.07) is 13.7. The highest BCUT2D eigenvalue weighted by Crippen LogP contribution is 2.39. The number of thiazole rings is 1. The minimum absolute atomic E-state index is 0.00775. The van der Waals surface area contributed by atoms with Gasteiger partial charge in [-0.3, -0.25) is 4.79 Å². The van der Waals surface area contributed by atoms with E-state index < -0.39 is 0 Å². The van der Waals surface area contributed by atoms with Crippen LogP contribution >= 0.6 is 11.3 Å². The van der Waals surface area contributed by atoms with E-state index >= 15 is 0 Å². The van der Waals surface area contributed by atoms with Gasteiger partial charge in [-0.15, -0.1) is 11.3 Å². The quantitative estimate of drug-likeness (QED) is 0.589. The van der Waals surface area contributed by atoms with Crippen molar-refractivity contribution in [2.24, 2.45) is 0 Å². The molecule has 1 aromatic heterocycles. The minimum atomic E-state index is -0.0161. The predicted molar refractivity (Wildman–Crippen MR) is 112 cm³/mol. The molecule has 0 spiro atoms. The van der Waals surface area contributed by atoms with Crippen LogP contribution in [0.4, 0.5) is 0 Å². The number of methoxy groups -OCH3 is 2. The van der Waals surface area contributed by atoms with Gasteiger partial charge in [0.1, 0.15) is 16.5 Å². The lowest BCUT2D eigenvalue weighted by Gasteiger charge is -2.25. The maximum atomic E-state index is 12.9. The van der Waals surface area contributed by atoms with Gasteiger partial charge in [0.2, 0.25) is 5.91 Å². The van der Waals surface area contributed by atoms with Gasteiger partial charge in [0.15, 0.2) is 0 Å². The molecule has 1 aliphatic heterocycles. The summed E-state index contributed by atoms with van der Waals surface area (Å²) in [6.45, 7) is 0.730. The Balaban J connectivity index is 1.57. The Morgan fingerprint density at radius 2 is 2.07 bits per heavy atom. The highest BCUT2D eigenvalue weighted by Gasteiger charge is 2.31. The van der Waals surface area contributed by atoms with Gasteiger partial charge in [-0.1, -0.05) is 12.1 Å². The fourth-order valence-corrected chi connectivity index (χ4v) is 4.52. The minimum Gasteiger partial charge on any atom is -0.497 e. The van der Waals surface area contributed by atoms with Gasteiger partial charge < -0.3 is 14.4 Å². The lowest BCUT2D eigenvalue weighted by atomic mass is 10.0. The third-order valence-corrected chi connectivity index (χ3v) is 6.01. The number of hydrogen-bond acceptors (Lipinski definition) is 5. The molecular weight excluding hydrogens is 372 g/mol. The third-order valence-electron chi connectivity index (χ3n) is 5.01. The molecule has 1 fully saturated rings. The van der Waals surface area contributed by atoms with E-state index in [1.807, 2.05) is 53.4 Å². The molecule has 4 rings (SSSR count). The number of nitrogens with zero attached hydrogens (tertiary/aromatic N) is 2. The number of likely N-dealkylation sites (tertiary alicyclic amines) is 1. The Hall–Kier alpha value is -2.86. The van der Waals surface area contributed by atoms with Crippen molar-refractivity contribution in [2.45, 2.75) is 18.9 Å². The monoisotopic (exact) mass is 394 g/mol. The smallest absolute Gasteiger partial charge is 0.247 e. The third kappa shape index (κ3) is 3.60. The number of rotatable bonds is 5. The number of amides is 1. The molecule has 0 aliphatic carbocycles. The van der Waals surface area contributed by atoms with E-state index in [9.17, 15) is 4.79 Å². The number of hydrogen-bond donors (Lipinski definition) is 0. The van der Waals surface area contributed by atoms with E-state index in [4.69, 9.17) is 9.47 Å². The second-order valence-electron chi connectivity index (χ2n) is 6.65. The average Bonchev–Trinajstić information content (AvgIpc) is 3.38. The topological polar surface area (TPSA) is 51.7 Å². The fraction of sp³-hybridized carbons (Fsp3) is 0.273. The summed E-state index contributed by atoms with van der Waals surface area (Å²) in [6.07, 6.45) is 5.31. The van der Waals surface area contributed by atoms with Crippen LogP contribution in [0.2, 0.25) is 0 Å². The van der Waals surface area contributed by atoms with Crippen LogP contribution < -0.4 is 9.47 Å². The highest BCUT2D eigenvalue weighted by atomic mass is 32.1. The first kappa shape index (κ1) is 18.5. The maximum absolute atomic E-state index is 12.9. The molecule has 6 heteroatoms. The second kappa shape index (κ2) is 8.02. The summed E-state index contributed by atoms with van der Waals surface area (Å²) in [5.74, 6) is 1.53. The molecular formula is C22H22N2O3S. The normalized spacial score (nSPS) is 16.8. The van der Waals surface area contributed by atoms with Crippen LogP contribution in [0.3, 0.4) is 0 Å². The van der Waals surface area contributed by atoms with Gasteiger partial charge in [-0.25, -0.2) is 4.98 Å². The Kier molecular flexibility index (Phi) is 5.30. The van der Waals surface area contributed by atoms with Gasteiger partial charge in [0.05, 0.1) is 30.5 Å². The summed E-state index contributed by atoms with van der Waals surface area (Å²) in [7, 11) is 3.29. The van der Waals surface area contributed by atoms with Crippen molar-refractivity contribution in [1.82, 2.24) is 9.88 Å². The first-order valence-electron chi connectivity index (χ1n) is 9.26. The average molecular weight is 394 g/mol. The molecule has 0 radical (unpaired) electrons. The molecule has 144 valence electrons. The Morgan fingerprint density at radius 1 is 1.21 bits per heavy atom. The zero-order valence-corrected chi connectivity index (χ0v) is 16.7. The highest BCUT2D eigenvalue weighted by molar-refractivity contribution is 7.19. The number of para-hydroxylation sites is 1. The molecule has 1 unspecified atom stereocenters. The van der Waals surface area contributed by atoms with Crippen LogP contribution in [-0.2, 0) is 4.79 Å². The van der Waals surface area contributed by atoms with Crippen molar-refractivity contribution < 1.29 is 14.3 Å². The maximum Gasteiger partial charge on any atom is 0.247 e. The van der Waals surface area contributed by atoms with Crippen molar-refractivity contribution in [3.05, 3.63) is 59.1 Å². The van der Waals surface area contributed by atoms with Crippen molar-refractivity contribution in [2.75, 3.05) is 20.8 Å². The van der Waals surface area contributed by atoms with Crippen LogP contribution in [0.1, 0.15) is 29.5 Å². The molecule has 1 atom stereocenters. The predicted octanol–water partition coefficient (Wildman–Crippen LogP) is 4.69. The lowest BCUT2D eigenvalue weighted by Crippen LogP contribution is -2.29. The van der Waals surface area contributed by atoms with Gasteiger partial charge >= 0.3 is 0 Å². The zero-order valence-electron chi connectivity index (χ0n) is 15.9. The van der Waals surface area contributed by atoms with Gasteiger partial charge in [-0.2, -0.15) is 0 Å².